The first-order chi connectivity index (χ1) is 9.43. The molecule has 1 aromatic carbocycles. The minimum Gasteiger partial charge on any atom is -0.465 e. The minimum absolute atomic E-state index is 0.00457. The fraction of sp³-hybridized carbons (Fsp3) is 0.0769. The molecule has 0 aliphatic carbocycles. The second kappa shape index (κ2) is 5.95. The molecule has 0 bridgehead atoms. The van der Waals surface area contributed by atoms with E-state index in [0.29, 0.717) is 0 Å². The van der Waals surface area contributed by atoms with Gasteiger partial charge in [-0.1, -0.05) is 34.8 Å². The summed E-state index contributed by atoms with van der Waals surface area (Å²) in [6.07, 6.45) is 1.20. The van der Waals surface area contributed by atoms with Crippen LogP contribution in [0.25, 0.3) is 11.3 Å². The van der Waals surface area contributed by atoms with Gasteiger partial charge in [0, 0.05) is 11.8 Å². The fourth-order valence-electron chi connectivity index (χ4n) is 1.57. The van der Waals surface area contributed by atoms with Crippen LogP contribution in [0.15, 0.2) is 24.4 Å². The summed E-state index contributed by atoms with van der Waals surface area (Å²) < 4.78 is 18.5. The summed E-state index contributed by atoms with van der Waals surface area (Å²) in [5.74, 6) is -1.39. The first-order valence-corrected chi connectivity index (χ1v) is 6.46. The van der Waals surface area contributed by atoms with Gasteiger partial charge in [0.1, 0.15) is 11.5 Å². The van der Waals surface area contributed by atoms with Crippen LogP contribution in [0, 0.1) is 5.82 Å². The monoisotopic (exact) mass is 333 g/mol. The molecule has 3 nitrogen and oxygen atoms in total. The molecule has 0 spiro atoms. The zero-order valence-electron chi connectivity index (χ0n) is 10.1. The summed E-state index contributed by atoms with van der Waals surface area (Å²) in [5, 5.41) is 0.688. The number of pyridine rings is 1. The highest BCUT2D eigenvalue weighted by Crippen LogP contribution is 2.35. The van der Waals surface area contributed by atoms with Crippen molar-refractivity contribution in [3.05, 3.63) is 50.8 Å². The van der Waals surface area contributed by atoms with Crippen LogP contribution in [0.1, 0.15) is 10.4 Å². The van der Waals surface area contributed by atoms with Crippen molar-refractivity contribution in [1.29, 1.82) is 0 Å². The summed E-state index contributed by atoms with van der Waals surface area (Å²) >= 11 is 17.7. The van der Waals surface area contributed by atoms with E-state index in [9.17, 15) is 9.18 Å². The van der Waals surface area contributed by atoms with Gasteiger partial charge in [0.2, 0.25) is 0 Å². The molecule has 2 rings (SSSR count). The summed E-state index contributed by atoms with van der Waals surface area (Å²) in [6.45, 7) is 0. The third-order valence-electron chi connectivity index (χ3n) is 2.53. The number of hydrogen-bond donors (Lipinski definition) is 0. The topological polar surface area (TPSA) is 39.2 Å². The summed E-state index contributed by atoms with van der Waals surface area (Å²) in [6, 6.07) is 3.83. The number of carbonyl (C=O) groups is 1. The number of methoxy groups -OCH3 is 1. The van der Waals surface area contributed by atoms with Gasteiger partial charge >= 0.3 is 5.97 Å². The van der Waals surface area contributed by atoms with E-state index in [0.717, 1.165) is 6.07 Å². The van der Waals surface area contributed by atoms with Crippen LogP contribution in [0.4, 0.5) is 4.39 Å². The lowest BCUT2D eigenvalue weighted by molar-refractivity contribution is 0.0599. The van der Waals surface area contributed by atoms with E-state index in [1.807, 2.05) is 0 Å². The highest BCUT2D eigenvalue weighted by molar-refractivity contribution is 6.44. The molecule has 0 aliphatic rings. The Morgan fingerprint density at radius 1 is 1.15 bits per heavy atom. The second-order valence-electron chi connectivity index (χ2n) is 3.79. The quantitative estimate of drug-likeness (QED) is 0.593. The lowest BCUT2D eigenvalue weighted by Crippen LogP contribution is -2.03. The van der Waals surface area contributed by atoms with Crippen molar-refractivity contribution < 1.29 is 13.9 Å². The normalized spacial score (nSPS) is 10.4. The van der Waals surface area contributed by atoms with E-state index >= 15 is 0 Å². The summed E-state index contributed by atoms with van der Waals surface area (Å²) in [5.41, 5.74) is 0.265. The Labute approximate surface area is 129 Å². The van der Waals surface area contributed by atoms with E-state index in [-0.39, 0.29) is 31.9 Å². The summed E-state index contributed by atoms with van der Waals surface area (Å²) in [7, 11) is 1.20. The molecule has 0 N–H and O–H groups in total. The molecule has 7 heteroatoms. The number of carbonyl (C=O) groups excluding carboxylic acids is 1. The van der Waals surface area contributed by atoms with Gasteiger partial charge in [0.15, 0.2) is 0 Å². The lowest BCUT2D eigenvalue weighted by Gasteiger charge is -2.08. The molecule has 1 heterocycles. The first kappa shape index (κ1) is 15.0. The van der Waals surface area contributed by atoms with Crippen LogP contribution < -0.4 is 0 Å². The average molecular weight is 335 g/mol. The molecule has 0 amide bonds. The van der Waals surface area contributed by atoms with Gasteiger partial charge in [-0.3, -0.25) is 4.98 Å². The standard InChI is InChI=1S/C13H7Cl3FNO2/c1-20-13(19)6-2-11(17)12(18-5-6)7-3-9(15)10(16)4-8(7)14/h2-5H,1H3. The molecule has 0 unspecified atom stereocenters. The molecule has 0 saturated carbocycles. The molecule has 2 aromatic rings. The van der Waals surface area contributed by atoms with E-state index in [1.165, 1.54) is 25.4 Å². The first-order valence-electron chi connectivity index (χ1n) is 5.32. The highest BCUT2D eigenvalue weighted by Gasteiger charge is 2.16. The van der Waals surface area contributed by atoms with Gasteiger partial charge in [0.25, 0.3) is 0 Å². The predicted octanol–water partition coefficient (Wildman–Crippen LogP) is 4.63. The van der Waals surface area contributed by atoms with Gasteiger partial charge in [-0.2, -0.15) is 0 Å². The maximum Gasteiger partial charge on any atom is 0.339 e. The van der Waals surface area contributed by atoms with E-state index in [4.69, 9.17) is 34.8 Å². The smallest absolute Gasteiger partial charge is 0.339 e. The number of ether oxygens (including phenoxy) is 1. The molecular formula is C13H7Cl3FNO2. The van der Waals surface area contributed by atoms with Gasteiger partial charge in [0.05, 0.1) is 27.7 Å². The SMILES string of the molecule is COC(=O)c1cnc(-c2cc(Cl)c(Cl)cc2Cl)c(F)c1. The van der Waals surface area contributed by atoms with E-state index in [2.05, 4.69) is 9.72 Å². The minimum atomic E-state index is -0.715. The van der Waals surface area contributed by atoms with Gasteiger partial charge < -0.3 is 4.74 Å². The number of benzene rings is 1. The van der Waals surface area contributed by atoms with Crippen LogP contribution >= 0.6 is 34.8 Å². The molecule has 0 aliphatic heterocycles. The zero-order valence-corrected chi connectivity index (χ0v) is 12.4. The Hall–Kier alpha value is -1.36. The number of halogens is 4. The van der Waals surface area contributed by atoms with Gasteiger partial charge in [-0.05, 0) is 18.2 Å². The third-order valence-corrected chi connectivity index (χ3v) is 3.56. The predicted molar refractivity (Wildman–Crippen MR) is 76.0 cm³/mol. The van der Waals surface area contributed by atoms with Gasteiger partial charge in [-0.25, -0.2) is 9.18 Å². The van der Waals surface area contributed by atoms with Crippen LogP contribution in [-0.4, -0.2) is 18.1 Å². The van der Waals surface area contributed by atoms with Crippen molar-refractivity contribution in [2.45, 2.75) is 0 Å². The average Bonchev–Trinajstić information content (AvgIpc) is 2.42. The summed E-state index contributed by atoms with van der Waals surface area (Å²) in [4.78, 5) is 15.2. The highest BCUT2D eigenvalue weighted by atomic mass is 35.5. The number of rotatable bonds is 2. The maximum atomic E-state index is 14.0. The Kier molecular flexibility index (Phi) is 4.48. The molecule has 0 fully saturated rings. The van der Waals surface area contributed by atoms with Crippen LogP contribution in [0.3, 0.4) is 0 Å². The van der Waals surface area contributed by atoms with Crippen molar-refractivity contribution in [2.75, 3.05) is 7.11 Å². The molecule has 1 aromatic heterocycles. The zero-order chi connectivity index (χ0) is 14.9. The maximum absolute atomic E-state index is 14.0. The van der Waals surface area contributed by atoms with Crippen molar-refractivity contribution in [3.8, 4) is 11.3 Å². The largest absolute Gasteiger partial charge is 0.465 e. The Morgan fingerprint density at radius 2 is 1.80 bits per heavy atom. The van der Waals surface area contributed by atoms with Crippen LogP contribution in [0.2, 0.25) is 15.1 Å². The lowest BCUT2D eigenvalue weighted by atomic mass is 10.1. The molecule has 0 atom stereocenters. The van der Waals surface area contributed by atoms with Crippen LogP contribution in [-0.2, 0) is 4.74 Å². The Morgan fingerprint density at radius 3 is 2.40 bits per heavy atom. The van der Waals surface area contributed by atoms with Crippen LogP contribution in [0.5, 0.6) is 0 Å². The molecule has 0 saturated heterocycles. The molecule has 104 valence electrons. The Balaban J connectivity index is 2.54. The number of hydrogen-bond acceptors (Lipinski definition) is 3. The van der Waals surface area contributed by atoms with Crippen molar-refractivity contribution in [3.63, 3.8) is 0 Å². The van der Waals surface area contributed by atoms with Crippen molar-refractivity contribution >= 4 is 40.8 Å². The van der Waals surface area contributed by atoms with Crippen molar-refractivity contribution in [2.24, 2.45) is 0 Å². The molecule has 0 radical (unpaired) electrons. The van der Waals surface area contributed by atoms with Gasteiger partial charge in [-0.15, -0.1) is 0 Å². The van der Waals surface area contributed by atoms with Crippen molar-refractivity contribution in [1.82, 2.24) is 4.98 Å². The second-order valence-corrected chi connectivity index (χ2v) is 5.01. The van der Waals surface area contributed by atoms with E-state index in [1.54, 1.807) is 0 Å². The number of esters is 1. The Bertz CT molecular complexity index is 692. The number of aromatic nitrogens is 1. The fourth-order valence-corrected chi connectivity index (χ4v) is 2.21. The molecular weight excluding hydrogens is 328 g/mol. The molecule has 20 heavy (non-hydrogen) atoms. The number of nitrogens with zero attached hydrogens (tertiary/aromatic N) is 1. The van der Waals surface area contributed by atoms with E-state index < -0.39 is 11.8 Å². The third kappa shape index (κ3) is 2.87.